The maximum absolute atomic E-state index is 13.2. The Balaban J connectivity index is 2.13. The molecule has 0 aromatic heterocycles. The van der Waals surface area contributed by atoms with Gasteiger partial charge in [-0.1, -0.05) is 47.5 Å². The summed E-state index contributed by atoms with van der Waals surface area (Å²) in [5, 5.41) is 2.94. The normalized spacial score (nSPS) is 11.5. The third-order valence-corrected chi connectivity index (χ3v) is 5.87. The number of aryl methyl sites for hydroxylation is 1. The van der Waals surface area contributed by atoms with Gasteiger partial charge in [0.05, 0.1) is 14.2 Å². The fraction of sp³-hybridized carbons (Fsp3) is 0.440. The summed E-state index contributed by atoms with van der Waals surface area (Å²) in [7, 11) is 3.18. The molecule has 0 unspecified atom stereocenters. The molecule has 6 nitrogen and oxygen atoms in total. The summed E-state index contributed by atoms with van der Waals surface area (Å²) < 4.78 is 11.6. The van der Waals surface area contributed by atoms with E-state index in [0.29, 0.717) is 37.4 Å². The highest BCUT2D eigenvalue weighted by atomic mass is 79.9. The van der Waals surface area contributed by atoms with Gasteiger partial charge in [-0.2, -0.15) is 0 Å². The van der Waals surface area contributed by atoms with Gasteiger partial charge < -0.3 is 19.7 Å². The van der Waals surface area contributed by atoms with Crippen molar-refractivity contribution < 1.29 is 19.1 Å². The molecule has 2 amide bonds. The summed E-state index contributed by atoms with van der Waals surface area (Å²) >= 11 is 3.44. The first-order valence-electron chi connectivity index (χ1n) is 10.9. The lowest BCUT2D eigenvalue weighted by molar-refractivity contribution is -0.140. The number of methoxy groups -OCH3 is 2. The van der Waals surface area contributed by atoms with Crippen molar-refractivity contribution in [2.45, 2.75) is 52.1 Å². The van der Waals surface area contributed by atoms with E-state index in [-0.39, 0.29) is 11.8 Å². The van der Waals surface area contributed by atoms with Gasteiger partial charge >= 0.3 is 0 Å². The number of unbranched alkanes of at least 4 members (excludes halogenated alkanes) is 1. The molecule has 0 heterocycles. The Morgan fingerprint density at radius 2 is 1.69 bits per heavy atom. The molecule has 0 aliphatic rings. The van der Waals surface area contributed by atoms with Crippen molar-refractivity contribution in [1.82, 2.24) is 10.2 Å². The van der Waals surface area contributed by atoms with Crippen molar-refractivity contribution >= 4 is 27.7 Å². The first-order chi connectivity index (χ1) is 15.4. The second-order valence-corrected chi connectivity index (χ2v) is 8.57. The zero-order valence-corrected chi connectivity index (χ0v) is 20.9. The maximum Gasteiger partial charge on any atom is 0.242 e. The third kappa shape index (κ3) is 7.55. The number of halogens is 1. The first kappa shape index (κ1) is 25.7. The van der Waals surface area contributed by atoms with E-state index in [0.717, 1.165) is 28.4 Å². The van der Waals surface area contributed by atoms with Crippen LogP contribution < -0.4 is 14.8 Å². The first-order valence-corrected chi connectivity index (χ1v) is 11.7. The number of nitrogens with one attached hydrogen (secondary N) is 1. The van der Waals surface area contributed by atoms with E-state index < -0.39 is 6.04 Å². The summed E-state index contributed by atoms with van der Waals surface area (Å²) in [6, 6.07) is 12.9. The van der Waals surface area contributed by atoms with Crippen LogP contribution in [0.4, 0.5) is 0 Å². The summed E-state index contributed by atoms with van der Waals surface area (Å²) in [6.45, 7) is 4.85. The quantitative estimate of drug-likeness (QED) is 0.424. The smallest absolute Gasteiger partial charge is 0.242 e. The van der Waals surface area contributed by atoms with Crippen LogP contribution in [-0.2, 0) is 22.6 Å². The van der Waals surface area contributed by atoms with E-state index >= 15 is 0 Å². The summed E-state index contributed by atoms with van der Waals surface area (Å²) in [5.41, 5.74) is 1.94. The number of benzene rings is 2. The molecule has 0 aliphatic heterocycles. The van der Waals surface area contributed by atoms with Crippen molar-refractivity contribution in [1.29, 1.82) is 0 Å². The molecule has 0 spiro atoms. The molecule has 0 bridgehead atoms. The van der Waals surface area contributed by atoms with Crippen molar-refractivity contribution in [3.63, 3.8) is 0 Å². The van der Waals surface area contributed by atoms with Crippen LogP contribution in [0.5, 0.6) is 11.5 Å². The molecule has 0 aliphatic carbocycles. The highest BCUT2D eigenvalue weighted by Crippen LogP contribution is 2.28. The lowest BCUT2D eigenvalue weighted by Crippen LogP contribution is -2.47. The summed E-state index contributed by atoms with van der Waals surface area (Å²) in [6.07, 6.45) is 2.75. The van der Waals surface area contributed by atoms with E-state index in [1.54, 1.807) is 26.0 Å². The highest BCUT2D eigenvalue weighted by molar-refractivity contribution is 9.10. The Hall–Kier alpha value is -2.54. The standard InChI is InChI=1S/C25H33BrN2O4/c1-5-6-15-27-25(30)18(2)28(17-20-7-11-21(26)12-8-20)24(29)14-10-19-9-13-22(31-3)23(16-19)32-4/h7-9,11-13,16,18H,5-6,10,14-15,17H2,1-4H3,(H,27,30)/t18-/m1/s1. The maximum atomic E-state index is 13.2. The molecule has 0 radical (unpaired) electrons. The molecule has 1 atom stereocenters. The minimum absolute atomic E-state index is 0.0687. The number of ether oxygens (including phenoxy) is 2. The number of carbonyl (C=O) groups is 2. The average molecular weight is 505 g/mol. The van der Waals surface area contributed by atoms with Crippen LogP contribution in [0, 0.1) is 0 Å². The molecular weight excluding hydrogens is 472 g/mol. The largest absolute Gasteiger partial charge is 0.493 e. The zero-order chi connectivity index (χ0) is 23.5. The number of rotatable bonds is 12. The zero-order valence-electron chi connectivity index (χ0n) is 19.3. The van der Waals surface area contributed by atoms with Crippen LogP contribution in [0.3, 0.4) is 0 Å². The Kier molecular flexibility index (Phi) is 10.5. The number of hydrogen-bond acceptors (Lipinski definition) is 4. The Morgan fingerprint density at radius 3 is 2.31 bits per heavy atom. The van der Waals surface area contributed by atoms with Crippen molar-refractivity contribution in [3.05, 3.63) is 58.1 Å². The molecule has 174 valence electrons. The van der Waals surface area contributed by atoms with Crippen LogP contribution in [-0.4, -0.2) is 43.5 Å². The van der Waals surface area contributed by atoms with E-state index in [1.807, 2.05) is 42.5 Å². The highest BCUT2D eigenvalue weighted by Gasteiger charge is 2.25. The predicted molar refractivity (Wildman–Crippen MR) is 130 cm³/mol. The minimum atomic E-state index is -0.562. The number of hydrogen-bond donors (Lipinski definition) is 1. The molecule has 2 rings (SSSR count). The lowest BCUT2D eigenvalue weighted by Gasteiger charge is -2.29. The Morgan fingerprint density at radius 1 is 1.03 bits per heavy atom. The van der Waals surface area contributed by atoms with E-state index in [1.165, 1.54) is 0 Å². The van der Waals surface area contributed by atoms with Crippen molar-refractivity contribution in [3.8, 4) is 11.5 Å². The Labute approximate surface area is 199 Å². The molecule has 32 heavy (non-hydrogen) atoms. The number of amides is 2. The predicted octanol–water partition coefficient (Wildman–Crippen LogP) is 4.73. The van der Waals surface area contributed by atoms with E-state index in [4.69, 9.17) is 9.47 Å². The van der Waals surface area contributed by atoms with Gasteiger partial charge in [-0.25, -0.2) is 0 Å². The molecule has 0 fully saturated rings. The van der Waals surface area contributed by atoms with Gasteiger partial charge in [0, 0.05) is 24.0 Å². The third-order valence-electron chi connectivity index (χ3n) is 5.34. The molecule has 1 N–H and O–H groups in total. The average Bonchev–Trinajstić information content (AvgIpc) is 2.81. The molecule has 2 aromatic carbocycles. The SMILES string of the molecule is CCCCNC(=O)[C@@H](C)N(Cc1ccc(Br)cc1)C(=O)CCc1ccc(OC)c(OC)c1. The van der Waals surface area contributed by atoms with Gasteiger partial charge in [0.1, 0.15) is 6.04 Å². The van der Waals surface area contributed by atoms with Gasteiger partial charge in [0.25, 0.3) is 0 Å². The molecule has 0 saturated carbocycles. The minimum Gasteiger partial charge on any atom is -0.493 e. The second-order valence-electron chi connectivity index (χ2n) is 7.66. The molecular formula is C25H33BrN2O4. The van der Waals surface area contributed by atoms with Gasteiger partial charge in [-0.3, -0.25) is 9.59 Å². The van der Waals surface area contributed by atoms with Crippen LogP contribution in [0.25, 0.3) is 0 Å². The van der Waals surface area contributed by atoms with E-state index in [9.17, 15) is 9.59 Å². The summed E-state index contributed by atoms with van der Waals surface area (Å²) in [5.74, 6) is 1.08. The number of nitrogens with zero attached hydrogens (tertiary/aromatic N) is 1. The Bertz CT molecular complexity index is 886. The second kappa shape index (κ2) is 13.1. The van der Waals surface area contributed by atoms with Gasteiger partial charge in [0.2, 0.25) is 11.8 Å². The van der Waals surface area contributed by atoms with Crippen LogP contribution >= 0.6 is 15.9 Å². The molecule has 0 saturated heterocycles. The van der Waals surface area contributed by atoms with Crippen molar-refractivity contribution in [2.75, 3.05) is 20.8 Å². The monoisotopic (exact) mass is 504 g/mol. The van der Waals surface area contributed by atoms with Crippen LogP contribution in [0.1, 0.15) is 44.2 Å². The molecule has 2 aromatic rings. The van der Waals surface area contributed by atoms with Crippen molar-refractivity contribution in [2.24, 2.45) is 0 Å². The van der Waals surface area contributed by atoms with Crippen LogP contribution in [0.15, 0.2) is 46.9 Å². The van der Waals surface area contributed by atoms with E-state index in [2.05, 4.69) is 28.2 Å². The van der Waals surface area contributed by atoms with Crippen LogP contribution in [0.2, 0.25) is 0 Å². The fourth-order valence-electron chi connectivity index (χ4n) is 3.34. The fourth-order valence-corrected chi connectivity index (χ4v) is 3.60. The van der Waals surface area contributed by atoms with Gasteiger partial charge in [-0.15, -0.1) is 0 Å². The number of carbonyl (C=O) groups excluding carboxylic acids is 2. The van der Waals surface area contributed by atoms with Gasteiger partial charge in [0.15, 0.2) is 11.5 Å². The topological polar surface area (TPSA) is 67.9 Å². The lowest BCUT2D eigenvalue weighted by atomic mass is 10.1. The molecule has 7 heteroatoms. The summed E-state index contributed by atoms with van der Waals surface area (Å²) in [4.78, 5) is 27.6. The van der Waals surface area contributed by atoms with Gasteiger partial charge in [-0.05, 0) is 55.2 Å².